The van der Waals surface area contributed by atoms with E-state index in [-0.39, 0.29) is 12.0 Å². The number of fused-ring (bicyclic) bond motifs is 1. The molecule has 1 aromatic rings. The molecule has 0 aromatic heterocycles. The van der Waals surface area contributed by atoms with Gasteiger partial charge in [-0.3, -0.25) is 4.79 Å². The molecule has 1 heterocycles. The zero-order valence-corrected chi connectivity index (χ0v) is 8.83. The van der Waals surface area contributed by atoms with Gasteiger partial charge in [0.15, 0.2) is 0 Å². The van der Waals surface area contributed by atoms with Gasteiger partial charge in [-0.15, -0.1) is 0 Å². The van der Waals surface area contributed by atoms with Gasteiger partial charge < -0.3 is 15.8 Å². The quantitative estimate of drug-likeness (QED) is 0.635. The summed E-state index contributed by atoms with van der Waals surface area (Å²) in [6, 6.07) is 3.56. The molecular weight excluding hydrogens is 192 g/mol. The highest BCUT2D eigenvalue weighted by Crippen LogP contribution is 2.34. The summed E-state index contributed by atoms with van der Waals surface area (Å²) < 4.78 is 5.67. The van der Waals surface area contributed by atoms with Gasteiger partial charge in [-0.25, -0.2) is 0 Å². The number of carbonyl (C=O) groups excluding carboxylic acids is 1. The molecule has 0 aliphatic carbocycles. The van der Waals surface area contributed by atoms with Crippen LogP contribution in [0.15, 0.2) is 12.1 Å². The second-order valence-corrected chi connectivity index (χ2v) is 3.90. The lowest BCUT2D eigenvalue weighted by Crippen LogP contribution is -2.17. The highest BCUT2D eigenvalue weighted by Gasteiger charge is 2.20. The first-order chi connectivity index (χ1) is 7.06. The van der Waals surface area contributed by atoms with Crippen molar-refractivity contribution in [2.24, 2.45) is 0 Å². The van der Waals surface area contributed by atoms with Crippen molar-refractivity contribution in [3.63, 3.8) is 0 Å². The van der Waals surface area contributed by atoms with Gasteiger partial charge in [0.1, 0.15) is 11.9 Å². The summed E-state index contributed by atoms with van der Waals surface area (Å²) in [5, 5.41) is 2.79. The predicted molar refractivity (Wildman–Crippen MR) is 58.9 cm³/mol. The molecule has 0 saturated heterocycles. The maximum Gasteiger partial charge on any atom is 0.228 e. The largest absolute Gasteiger partial charge is 0.488 e. The predicted octanol–water partition coefficient (Wildman–Crippen LogP) is 1.69. The summed E-state index contributed by atoms with van der Waals surface area (Å²) >= 11 is 0. The van der Waals surface area contributed by atoms with E-state index in [2.05, 4.69) is 5.32 Å². The Bertz CT molecular complexity index is 415. The van der Waals surface area contributed by atoms with E-state index in [0.717, 1.165) is 11.3 Å². The van der Waals surface area contributed by atoms with Crippen LogP contribution in [0, 0.1) is 6.92 Å². The van der Waals surface area contributed by atoms with E-state index in [4.69, 9.17) is 10.5 Å². The highest BCUT2D eigenvalue weighted by atomic mass is 16.5. The summed E-state index contributed by atoms with van der Waals surface area (Å²) in [5.74, 6) is 0.689. The van der Waals surface area contributed by atoms with Crippen LogP contribution in [0.3, 0.4) is 0 Å². The lowest BCUT2D eigenvalue weighted by atomic mass is 10.1. The Balaban J connectivity index is 2.50. The van der Waals surface area contributed by atoms with Crippen molar-refractivity contribution in [3.8, 4) is 5.75 Å². The van der Waals surface area contributed by atoms with Gasteiger partial charge in [0.2, 0.25) is 5.91 Å². The Labute approximate surface area is 88.4 Å². The summed E-state index contributed by atoms with van der Waals surface area (Å²) in [6.07, 6.45) is 0.266. The Morgan fingerprint density at radius 2 is 2.27 bits per heavy atom. The molecule has 4 nitrogen and oxygen atoms in total. The number of hydrogen-bond donors (Lipinski definition) is 2. The minimum Gasteiger partial charge on any atom is -0.488 e. The Hall–Kier alpha value is -1.71. The van der Waals surface area contributed by atoms with Crippen molar-refractivity contribution in [1.29, 1.82) is 0 Å². The van der Waals surface area contributed by atoms with Crippen LogP contribution in [-0.2, 0) is 4.79 Å². The molecule has 3 N–H and O–H groups in total. The molecule has 1 atom stereocenters. The average Bonchev–Trinajstić information content (AvgIpc) is 2.22. The van der Waals surface area contributed by atoms with Gasteiger partial charge in [-0.1, -0.05) is 0 Å². The van der Waals surface area contributed by atoms with E-state index < -0.39 is 0 Å². The molecule has 0 saturated carbocycles. The molecule has 4 heteroatoms. The van der Waals surface area contributed by atoms with Crippen molar-refractivity contribution in [2.45, 2.75) is 26.4 Å². The zero-order valence-electron chi connectivity index (χ0n) is 8.83. The lowest BCUT2D eigenvalue weighted by Gasteiger charge is -2.14. The fourth-order valence-corrected chi connectivity index (χ4v) is 1.76. The van der Waals surface area contributed by atoms with Crippen LogP contribution in [-0.4, -0.2) is 12.0 Å². The molecule has 1 amide bonds. The van der Waals surface area contributed by atoms with Crippen molar-refractivity contribution in [1.82, 2.24) is 0 Å². The maximum atomic E-state index is 11.4. The lowest BCUT2D eigenvalue weighted by molar-refractivity contribution is -0.117. The Morgan fingerprint density at radius 3 is 3.00 bits per heavy atom. The van der Waals surface area contributed by atoms with Crippen LogP contribution >= 0.6 is 0 Å². The molecule has 0 fully saturated rings. The van der Waals surface area contributed by atoms with Crippen molar-refractivity contribution in [3.05, 3.63) is 17.7 Å². The summed E-state index contributed by atoms with van der Waals surface area (Å²) in [4.78, 5) is 11.4. The molecule has 1 aliphatic rings. The third kappa shape index (κ3) is 1.88. The van der Waals surface area contributed by atoms with Crippen LogP contribution in [0.4, 0.5) is 11.4 Å². The zero-order chi connectivity index (χ0) is 11.0. The first kappa shape index (κ1) is 9.83. The van der Waals surface area contributed by atoms with E-state index in [9.17, 15) is 4.79 Å². The second kappa shape index (κ2) is 3.46. The highest BCUT2D eigenvalue weighted by molar-refractivity contribution is 5.94. The van der Waals surface area contributed by atoms with Crippen LogP contribution in [0.2, 0.25) is 0 Å². The van der Waals surface area contributed by atoms with Gasteiger partial charge in [0.05, 0.1) is 12.1 Å². The van der Waals surface area contributed by atoms with Gasteiger partial charge >= 0.3 is 0 Å². The standard InChI is InChI=1S/C11H14N2O2/c1-6-3-8(12)5-9-11(6)15-7(2)4-10(14)13-9/h3,5,7H,4,12H2,1-2H3,(H,13,14). The van der Waals surface area contributed by atoms with Gasteiger partial charge in [0, 0.05) is 5.69 Å². The van der Waals surface area contributed by atoms with Gasteiger partial charge in [-0.2, -0.15) is 0 Å². The molecule has 1 aromatic carbocycles. The van der Waals surface area contributed by atoms with Crippen LogP contribution in [0.5, 0.6) is 5.75 Å². The average molecular weight is 206 g/mol. The summed E-state index contributed by atoms with van der Waals surface area (Å²) in [5.41, 5.74) is 7.95. The Kier molecular flexibility index (Phi) is 2.26. The number of carbonyl (C=O) groups is 1. The molecular formula is C11H14N2O2. The van der Waals surface area contributed by atoms with E-state index in [0.29, 0.717) is 17.8 Å². The van der Waals surface area contributed by atoms with Gasteiger partial charge in [-0.05, 0) is 31.5 Å². The fourth-order valence-electron chi connectivity index (χ4n) is 1.76. The molecule has 80 valence electrons. The molecule has 0 spiro atoms. The fraction of sp³-hybridized carbons (Fsp3) is 0.364. The van der Waals surface area contributed by atoms with Gasteiger partial charge in [0.25, 0.3) is 0 Å². The monoisotopic (exact) mass is 206 g/mol. The summed E-state index contributed by atoms with van der Waals surface area (Å²) in [6.45, 7) is 3.80. The number of nitrogens with two attached hydrogens (primary N) is 1. The third-order valence-corrected chi connectivity index (χ3v) is 2.36. The van der Waals surface area contributed by atoms with E-state index in [1.165, 1.54) is 0 Å². The van der Waals surface area contributed by atoms with Crippen molar-refractivity contribution < 1.29 is 9.53 Å². The summed E-state index contributed by atoms with van der Waals surface area (Å²) in [7, 11) is 0. The van der Waals surface area contributed by atoms with Crippen molar-refractivity contribution >= 4 is 17.3 Å². The molecule has 2 rings (SSSR count). The minimum atomic E-state index is -0.103. The number of aryl methyl sites for hydroxylation is 1. The molecule has 1 unspecified atom stereocenters. The number of ether oxygens (including phenoxy) is 1. The number of hydrogen-bond acceptors (Lipinski definition) is 3. The van der Waals surface area contributed by atoms with E-state index in [1.807, 2.05) is 19.9 Å². The third-order valence-electron chi connectivity index (χ3n) is 2.36. The number of nitrogen functional groups attached to an aromatic ring is 1. The molecule has 0 radical (unpaired) electrons. The van der Waals surface area contributed by atoms with E-state index >= 15 is 0 Å². The minimum absolute atomic E-state index is 0.0359. The molecule has 15 heavy (non-hydrogen) atoms. The SMILES string of the molecule is Cc1cc(N)cc2c1OC(C)CC(=O)N2. The van der Waals surface area contributed by atoms with Crippen LogP contribution in [0.1, 0.15) is 18.9 Å². The van der Waals surface area contributed by atoms with Crippen LogP contribution in [0.25, 0.3) is 0 Å². The number of anilines is 2. The normalized spacial score (nSPS) is 19.9. The maximum absolute atomic E-state index is 11.4. The number of nitrogens with one attached hydrogen (secondary N) is 1. The topological polar surface area (TPSA) is 64.3 Å². The van der Waals surface area contributed by atoms with E-state index in [1.54, 1.807) is 6.07 Å². The first-order valence-electron chi connectivity index (χ1n) is 4.93. The smallest absolute Gasteiger partial charge is 0.228 e. The molecule has 0 bridgehead atoms. The second-order valence-electron chi connectivity index (χ2n) is 3.90. The first-order valence-corrected chi connectivity index (χ1v) is 4.93. The number of rotatable bonds is 0. The molecule has 1 aliphatic heterocycles. The Morgan fingerprint density at radius 1 is 1.53 bits per heavy atom. The number of amides is 1. The number of benzene rings is 1. The van der Waals surface area contributed by atoms with Crippen LogP contribution < -0.4 is 15.8 Å². The van der Waals surface area contributed by atoms with Crippen molar-refractivity contribution in [2.75, 3.05) is 11.1 Å².